The Morgan fingerprint density at radius 2 is 1.79 bits per heavy atom. The van der Waals surface area contributed by atoms with Crippen LogP contribution in [-0.4, -0.2) is 64.9 Å². The second-order valence-corrected chi connectivity index (χ2v) is 9.56. The third-order valence-corrected chi connectivity index (χ3v) is 6.85. The molecule has 1 amide bonds. The topological polar surface area (TPSA) is 57.0 Å². The minimum absolute atomic E-state index is 0.0448. The van der Waals surface area contributed by atoms with E-state index in [1.54, 1.807) is 12.4 Å². The zero-order valence-corrected chi connectivity index (χ0v) is 23.0. The van der Waals surface area contributed by atoms with Gasteiger partial charge in [-0.3, -0.25) is 4.79 Å². The average Bonchev–Trinajstić information content (AvgIpc) is 3.36. The molecule has 198 valence electrons. The number of aliphatic imine (C=N–C) groups is 1. The molecule has 1 aliphatic rings. The number of amides is 1. The van der Waals surface area contributed by atoms with E-state index < -0.39 is 0 Å². The Kier molecular flexibility index (Phi) is 8.79. The number of carbonyl (C=O) groups excluding carboxylic acids is 1. The Morgan fingerprint density at radius 3 is 2.45 bits per heavy atom. The second kappa shape index (κ2) is 12.4. The summed E-state index contributed by atoms with van der Waals surface area (Å²) >= 11 is 0. The third-order valence-electron chi connectivity index (χ3n) is 6.85. The maximum Gasteiger partial charge on any atom is 0.257 e. The highest BCUT2D eigenvalue weighted by Gasteiger charge is 2.27. The number of aromatic nitrogens is 2. The summed E-state index contributed by atoms with van der Waals surface area (Å²) in [6.45, 7) is 13.1. The van der Waals surface area contributed by atoms with E-state index in [9.17, 15) is 4.79 Å². The molecule has 1 saturated heterocycles. The van der Waals surface area contributed by atoms with Crippen LogP contribution in [0.25, 0.3) is 5.69 Å². The van der Waals surface area contributed by atoms with Crippen molar-refractivity contribution in [1.82, 2.24) is 19.6 Å². The summed E-state index contributed by atoms with van der Waals surface area (Å²) in [5, 5.41) is 4.58. The molecule has 0 spiro atoms. The number of likely N-dealkylation sites (N-methyl/N-ethyl adjacent to an activating group) is 1. The molecule has 0 atom stereocenters. The predicted molar refractivity (Wildman–Crippen MR) is 156 cm³/mol. The van der Waals surface area contributed by atoms with E-state index in [0.29, 0.717) is 31.7 Å². The highest BCUT2D eigenvalue weighted by atomic mass is 16.2. The second-order valence-electron chi connectivity index (χ2n) is 9.56. The van der Waals surface area contributed by atoms with E-state index in [4.69, 9.17) is 0 Å². The number of aryl methyl sites for hydroxylation is 1. The lowest BCUT2D eigenvalue weighted by Gasteiger charge is -2.36. The van der Waals surface area contributed by atoms with Gasteiger partial charge in [0.05, 0.1) is 23.1 Å². The quantitative estimate of drug-likeness (QED) is 0.283. The molecule has 2 heterocycles. The van der Waals surface area contributed by atoms with Crippen molar-refractivity contribution in [2.24, 2.45) is 4.99 Å². The molecule has 1 fully saturated rings. The van der Waals surface area contributed by atoms with Gasteiger partial charge in [-0.2, -0.15) is 5.10 Å². The number of para-hydroxylation sites is 1. The fourth-order valence-electron chi connectivity index (χ4n) is 4.72. The van der Waals surface area contributed by atoms with Crippen LogP contribution >= 0.6 is 0 Å². The molecule has 2 aromatic carbocycles. The number of nitrogens with zero attached hydrogens (tertiary/aromatic N) is 6. The van der Waals surface area contributed by atoms with Crippen LogP contribution in [0.15, 0.2) is 90.0 Å². The molecule has 0 bridgehead atoms. The van der Waals surface area contributed by atoms with Crippen molar-refractivity contribution in [2.45, 2.75) is 33.6 Å². The standard InChI is InChI=1S/C31H38N6O/c1-6-12-29-28(23-33-37(29)26-14-9-8-10-15-26)31(38)36-19-17-35(18-20-36)30(32-7-2)22-25(4)34(5)27-16-11-13-24(3)21-27/h7-11,13-16,21-23H,4,6,12,17-20H2,1-3,5H3/b30-22+,32-7?. The van der Waals surface area contributed by atoms with Crippen molar-refractivity contribution >= 4 is 17.8 Å². The van der Waals surface area contributed by atoms with Gasteiger partial charge in [-0.15, -0.1) is 0 Å². The van der Waals surface area contributed by atoms with E-state index in [2.05, 4.69) is 64.6 Å². The minimum Gasteiger partial charge on any atom is -0.353 e. The van der Waals surface area contributed by atoms with Crippen molar-refractivity contribution in [3.63, 3.8) is 0 Å². The van der Waals surface area contributed by atoms with Crippen LogP contribution in [0.3, 0.4) is 0 Å². The smallest absolute Gasteiger partial charge is 0.257 e. The molecule has 38 heavy (non-hydrogen) atoms. The fourth-order valence-corrected chi connectivity index (χ4v) is 4.72. The predicted octanol–water partition coefficient (Wildman–Crippen LogP) is 5.47. The maximum atomic E-state index is 13.6. The van der Waals surface area contributed by atoms with Crippen LogP contribution in [0.1, 0.15) is 41.9 Å². The normalized spacial score (nSPS) is 14.3. The number of anilines is 1. The number of allylic oxidation sites excluding steroid dienone is 1. The van der Waals surface area contributed by atoms with Crippen LogP contribution in [0.5, 0.6) is 0 Å². The molecular weight excluding hydrogens is 472 g/mol. The van der Waals surface area contributed by atoms with Crippen molar-refractivity contribution in [3.05, 3.63) is 102 Å². The molecule has 0 unspecified atom stereocenters. The summed E-state index contributed by atoms with van der Waals surface area (Å²) in [5.74, 6) is 0.899. The summed E-state index contributed by atoms with van der Waals surface area (Å²) < 4.78 is 1.90. The van der Waals surface area contributed by atoms with Crippen molar-refractivity contribution in [3.8, 4) is 5.69 Å². The lowest BCUT2D eigenvalue weighted by Crippen LogP contribution is -2.48. The van der Waals surface area contributed by atoms with Gasteiger partial charge in [0.25, 0.3) is 5.91 Å². The molecule has 0 radical (unpaired) electrons. The van der Waals surface area contributed by atoms with Gasteiger partial charge < -0.3 is 14.7 Å². The Labute approximate surface area is 226 Å². The first kappa shape index (κ1) is 26.9. The number of benzene rings is 2. The molecule has 3 aromatic rings. The van der Waals surface area contributed by atoms with Gasteiger partial charge in [-0.05, 0) is 50.1 Å². The van der Waals surface area contributed by atoms with E-state index in [1.165, 1.54) is 5.56 Å². The van der Waals surface area contributed by atoms with Gasteiger partial charge in [0.15, 0.2) is 0 Å². The fraction of sp³-hybridized carbons (Fsp3) is 0.323. The number of rotatable bonds is 9. The lowest BCUT2D eigenvalue weighted by molar-refractivity contribution is 0.0667. The minimum atomic E-state index is 0.0448. The Hall–Kier alpha value is -4.13. The van der Waals surface area contributed by atoms with Crippen LogP contribution in [-0.2, 0) is 6.42 Å². The van der Waals surface area contributed by atoms with E-state index in [1.807, 2.05) is 60.0 Å². The van der Waals surface area contributed by atoms with Crippen LogP contribution in [0.2, 0.25) is 0 Å². The third kappa shape index (κ3) is 6.05. The maximum absolute atomic E-state index is 13.6. The van der Waals surface area contributed by atoms with E-state index in [0.717, 1.165) is 41.4 Å². The average molecular weight is 511 g/mol. The molecule has 7 nitrogen and oxygen atoms in total. The largest absolute Gasteiger partial charge is 0.353 e. The summed E-state index contributed by atoms with van der Waals surface area (Å²) in [7, 11) is 2.01. The van der Waals surface area contributed by atoms with Crippen molar-refractivity contribution < 1.29 is 4.79 Å². The van der Waals surface area contributed by atoms with Gasteiger partial charge in [-0.25, -0.2) is 9.67 Å². The van der Waals surface area contributed by atoms with Gasteiger partial charge in [0.1, 0.15) is 5.82 Å². The summed E-state index contributed by atoms with van der Waals surface area (Å²) in [6, 6.07) is 18.4. The number of hydrogen-bond acceptors (Lipinski definition) is 5. The molecular formula is C31H38N6O. The number of hydrogen-bond donors (Lipinski definition) is 0. The molecule has 7 heteroatoms. The van der Waals surface area contributed by atoms with E-state index in [-0.39, 0.29) is 5.91 Å². The van der Waals surface area contributed by atoms with Gasteiger partial charge in [0.2, 0.25) is 0 Å². The van der Waals surface area contributed by atoms with Gasteiger partial charge in [-0.1, -0.05) is 50.3 Å². The highest BCUT2D eigenvalue weighted by Crippen LogP contribution is 2.23. The van der Waals surface area contributed by atoms with Gasteiger partial charge in [0, 0.05) is 56.9 Å². The van der Waals surface area contributed by atoms with Crippen molar-refractivity contribution in [2.75, 3.05) is 38.1 Å². The summed E-state index contributed by atoms with van der Waals surface area (Å²) in [5.41, 5.74) is 5.78. The highest BCUT2D eigenvalue weighted by molar-refractivity contribution is 5.95. The molecule has 0 saturated carbocycles. The summed E-state index contributed by atoms with van der Waals surface area (Å²) in [4.78, 5) is 24.4. The molecule has 0 aliphatic carbocycles. The molecule has 1 aromatic heterocycles. The first-order valence-corrected chi connectivity index (χ1v) is 13.3. The molecule has 0 N–H and O–H groups in total. The van der Waals surface area contributed by atoms with Crippen LogP contribution in [0, 0.1) is 6.92 Å². The zero-order valence-electron chi connectivity index (χ0n) is 23.0. The van der Waals surface area contributed by atoms with Crippen LogP contribution in [0.4, 0.5) is 5.69 Å². The Morgan fingerprint density at radius 1 is 1.08 bits per heavy atom. The Balaban J connectivity index is 1.47. The van der Waals surface area contributed by atoms with Crippen molar-refractivity contribution in [1.29, 1.82) is 0 Å². The Bertz CT molecular complexity index is 1320. The van der Waals surface area contributed by atoms with E-state index >= 15 is 0 Å². The van der Waals surface area contributed by atoms with Crippen LogP contribution < -0.4 is 4.90 Å². The number of carbonyl (C=O) groups is 1. The molecule has 1 aliphatic heterocycles. The van der Waals surface area contributed by atoms with Gasteiger partial charge >= 0.3 is 0 Å². The lowest BCUT2D eigenvalue weighted by atomic mass is 10.1. The summed E-state index contributed by atoms with van der Waals surface area (Å²) in [6.07, 6.45) is 7.28. The number of piperazine rings is 1. The zero-order chi connectivity index (χ0) is 27.1. The molecule has 4 rings (SSSR count). The monoisotopic (exact) mass is 510 g/mol. The first-order chi connectivity index (χ1) is 18.4. The first-order valence-electron chi connectivity index (χ1n) is 13.3. The SMILES string of the molecule is C=C(/C=C(\N=CC)N1CCN(C(=O)c2cnn(-c3ccccc3)c2CCC)CC1)N(C)c1cccc(C)c1.